The summed E-state index contributed by atoms with van der Waals surface area (Å²) in [5.41, 5.74) is 1.16. The third kappa shape index (κ3) is 2.51. The van der Waals surface area contributed by atoms with Crippen molar-refractivity contribution >= 4 is 34.5 Å². The molecule has 100 valence electrons. The molecule has 2 rings (SSSR count). The number of amides is 1. The number of anilines is 3. The second-order valence-corrected chi connectivity index (χ2v) is 3.89. The van der Waals surface area contributed by atoms with E-state index >= 15 is 0 Å². The van der Waals surface area contributed by atoms with Gasteiger partial charge >= 0.3 is 0 Å². The number of carbonyl (C=O) groups excluding carboxylic acids is 1. The van der Waals surface area contributed by atoms with Crippen LogP contribution in [0.4, 0.5) is 17.6 Å². The normalized spacial score (nSPS) is 10.3. The molecule has 0 spiro atoms. The molecule has 0 aromatic carbocycles. The molecule has 8 nitrogen and oxygen atoms in total. The summed E-state index contributed by atoms with van der Waals surface area (Å²) in [5, 5.41) is 8.46. The smallest absolute Gasteiger partial charge is 0.232 e. The fraction of sp³-hybridized carbons (Fsp3) is 0.364. The van der Waals surface area contributed by atoms with Crippen LogP contribution < -0.4 is 16.0 Å². The van der Waals surface area contributed by atoms with Gasteiger partial charge in [-0.2, -0.15) is 4.98 Å². The molecule has 0 saturated carbocycles. The number of fused-ring (bicyclic) bond motifs is 1. The van der Waals surface area contributed by atoms with Crippen LogP contribution in [0.25, 0.3) is 11.0 Å². The monoisotopic (exact) mass is 261 g/mol. The van der Waals surface area contributed by atoms with Gasteiger partial charge in [0, 0.05) is 21.0 Å². The van der Waals surface area contributed by atoms with Crippen LogP contribution in [0.1, 0.15) is 12.7 Å². The summed E-state index contributed by atoms with van der Waals surface area (Å²) >= 11 is 0. The van der Waals surface area contributed by atoms with Gasteiger partial charge in [-0.3, -0.25) is 10.1 Å². The van der Waals surface area contributed by atoms with Crippen molar-refractivity contribution in [3.63, 3.8) is 0 Å². The first kappa shape index (κ1) is 12.9. The average molecular weight is 261 g/mol. The first-order valence-corrected chi connectivity index (χ1v) is 5.74. The van der Waals surface area contributed by atoms with Crippen molar-refractivity contribution in [1.29, 1.82) is 0 Å². The lowest BCUT2D eigenvalue weighted by Gasteiger charge is -2.10. The van der Waals surface area contributed by atoms with Crippen LogP contribution in [-0.4, -0.2) is 39.9 Å². The molecular formula is C11H15N7O. The Kier molecular flexibility index (Phi) is 3.41. The number of nitrogens with zero attached hydrogens (tertiary/aromatic N) is 4. The molecule has 8 heteroatoms. The predicted molar refractivity (Wildman–Crippen MR) is 73.3 cm³/mol. The quantitative estimate of drug-likeness (QED) is 0.749. The molecule has 1 amide bonds. The van der Waals surface area contributed by atoms with Gasteiger partial charge in [0.1, 0.15) is 16.9 Å². The molecule has 0 radical (unpaired) electrons. The Morgan fingerprint density at radius 1 is 0.947 bits per heavy atom. The van der Waals surface area contributed by atoms with Crippen LogP contribution in [0.15, 0.2) is 0 Å². The van der Waals surface area contributed by atoms with E-state index in [0.717, 1.165) is 0 Å². The van der Waals surface area contributed by atoms with E-state index in [1.165, 1.54) is 6.92 Å². The fourth-order valence-electron chi connectivity index (χ4n) is 1.69. The second kappa shape index (κ2) is 5.01. The van der Waals surface area contributed by atoms with Crippen molar-refractivity contribution in [2.45, 2.75) is 13.8 Å². The summed E-state index contributed by atoms with van der Waals surface area (Å²) in [6, 6.07) is 0. The molecule has 3 N–H and O–H groups in total. The molecular weight excluding hydrogens is 246 g/mol. The highest BCUT2D eigenvalue weighted by atomic mass is 16.1. The van der Waals surface area contributed by atoms with E-state index in [9.17, 15) is 4.79 Å². The molecule has 2 aromatic heterocycles. The third-order valence-corrected chi connectivity index (χ3v) is 2.42. The lowest BCUT2D eigenvalue weighted by atomic mass is 10.3. The molecule has 0 saturated heterocycles. The lowest BCUT2D eigenvalue weighted by molar-refractivity contribution is -0.114. The molecule has 0 aliphatic heterocycles. The van der Waals surface area contributed by atoms with Crippen LogP contribution in [-0.2, 0) is 4.79 Å². The van der Waals surface area contributed by atoms with Crippen LogP contribution in [0.5, 0.6) is 0 Å². The van der Waals surface area contributed by atoms with E-state index in [2.05, 4.69) is 35.9 Å². The van der Waals surface area contributed by atoms with Gasteiger partial charge in [-0.25, -0.2) is 15.0 Å². The number of hydrogen-bond donors (Lipinski definition) is 3. The summed E-state index contributed by atoms with van der Waals surface area (Å²) in [6.45, 7) is 3.19. The Labute approximate surface area is 110 Å². The molecule has 0 aliphatic carbocycles. The second-order valence-electron chi connectivity index (χ2n) is 3.89. The van der Waals surface area contributed by atoms with Crippen molar-refractivity contribution in [1.82, 2.24) is 19.9 Å². The number of nitrogens with one attached hydrogen (secondary N) is 3. The Morgan fingerprint density at radius 2 is 1.53 bits per heavy atom. The standard InChI is InChI=1S/C11H15N7O/c1-5-14-7-8(9(12-3)15-5)17-11(16-6(2)19)18-10(7)13-4/h1-4H3,(H,12,14,15)(H2,13,16,17,18,19). The average Bonchev–Trinajstić information content (AvgIpc) is 2.36. The Bertz CT molecular complexity index is 640. The van der Waals surface area contributed by atoms with Gasteiger partial charge < -0.3 is 10.6 Å². The molecule has 0 unspecified atom stereocenters. The van der Waals surface area contributed by atoms with E-state index in [-0.39, 0.29) is 11.9 Å². The molecule has 19 heavy (non-hydrogen) atoms. The molecule has 0 aliphatic rings. The van der Waals surface area contributed by atoms with Gasteiger partial charge in [0.15, 0.2) is 11.6 Å². The van der Waals surface area contributed by atoms with Crippen molar-refractivity contribution < 1.29 is 4.79 Å². The van der Waals surface area contributed by atoms with Crippen LogP contribution in [0.2, 0.25) is 0 Å². The maximum absolute atomic E-state index is 11.1. The van der Waals surface area contributed by atoms with Crippen LogP contribution in [0, 0.1) is 6.92 Å². The maximum atomic E-state index is 11.1. The first-order valence-electron chi connectivity index (χ1n) is 5.74. The predicted octanol–water partition coefficient (Wildman–Crippen LogP) is 0.770. The highest BCUT2D eigenvalue weighted by molar-refractivity contribution is 5.95. The summed E-state index contributed by atoms with van der Waals surface area (Å²) in [7, 11) is 3.48. The Hall–Kier alpha value is -2.51. The molecule has 0 atom stereocenters. The summed E-state index contributed by atoms with van der Waals surface area (Å²) in [5.74, 6) is 1.72. The Balaban J connectivity index is 2.73. The largest absolute Gasteiger partial charge is 0.371 e. The van der Waals surface area contributed by atoms with Gasteiger partial charge in [0.25, 0.3) is 0 Å². The summed E-state index contributed by atoms with van der Waals surface area (Å²) < 4.78 is 0. The lowest BCUT2D eigenvalue weighted by Crippen LogP contribution is -2.12. The minimum atomic E-state index is -0.236. The minimum absolute atomic E-state index is 0.216. The van der Waals surface area contributed by atoms with Crippen LogP contribution >= 0.6 is 0 Å². The highest BCUT2D eigenvalue weighted by Gasteiger charge is 2.13. The SMILES string of the molecule is CNc1nc(NC(C)=O)nc2c(NC)nc(C)nc12. The van der Waals surface area contributed by atoms with E-state index in [0.29, 0.717) is 28.5 Å². The van der Waals surface area contributed by atoms with Gasteiger partial charge in [-0.15, -0.1) is 0 Å². The zero-order chi connectivity index (χ0) is 14.0. The van der Waals surface area contributed by atoms with Crippen molar-refractivity contribution in [3.8, 4) is 0 Å². The van der Waals surface area contributed by atoms with Gasteiger partial charge in [0.2, 0.25) is 11.9 Å². The zero-order valence-electron chi connectivity index (χ0n) is 11.2. The minimum Gasteiger partial charge on any atom is -0.371 e. The first-order chi connectivity index (χ1) is 9.05. The van der Waals surface area contributed by atoms with Crippen molar-refractivity contribution in [2.75, 3.05) is 30.0 Å². The van der Waals surface area contributed by atoms with E-state index < -0.39 is 0 Å². The van der Waals surface area contributed by atoms with Crippen LogP contribution in [0.3, 0.4) is 0 Å². The molecule has 2 heterocycles. The van der Waals surface area contributed by atoms with Crippen molar-refractivity contribution in [2.24, 2.45) is 0 Å². The number of carbonyl (C=O) groups is 1. The van der Waals surface area contributed by atoms with Gasteiger partial charge in [0.05, 0.1) is 0 Å². The third-order valence-electron chi connectivity index (χ3n) is 2.42. The van der Waals surface area contributed by atoms with E-state index in [4.69, 9.17) is 0 Å². The van der Waals surface area contributed by atoms with Crippen molar-refractivity contribution in [3.05, 3.63) is 5.82 Å². The molecule has 0 bridgehead atoms. The zero-order valence-corrected chi connectivity index (χ0v) is 11.2. The summed E-state index contributed by atoms with van der Waals surface area (Å²) in [4.78, 5) is 28.2. The molecule has 2 aromatic rings. The van der Waals surface area contributed by atoms with E-state index in [1.54, 1.807) is 21.0 Å². The number of aromatic nitrogens is 4. The highest BCUT2D eigenvalue weighted by Crippen LogP contribution is 2.24. The number of rotatable bonds is 3. The Morgan fingerprint density at radius 3 is 2.11 bits per heavy atom. The molecule has 0 fully saturated rings. The fourth-order valence-corrected chi connectivity index (χ4v) is 1.69. The van der Waals surface area contributed by atoms with E-state index in [1.807, 2.05) is 0 Å². The van der Waals surface area contributed by atoms with Gasteiger partial charge in [-0.1, -0.05) is 0 Å². The van der Waals surface area contributed by atoms with Gasteiger partial charge in [-0.05, 0) is 6.92 Å². The topological polar surface area (TPSA) is 105 Å². The number of hydrogen-bond acceptors (Lipinski definition) is 7. The maximum Gasteiger partial charge on any atom is 0.232 e. The number of aryl methyl sites for hydroxylation is 1. The summed E-state index contributed by atoms with van der Waals surface area (Å²) in [6.07, 6.45) is 0.